The van der Waals surface area contributed by atoms with Gasteiger partial charge in [-0.3, -0.25) is 50.9 Å². The predicted molar refractivity (Wildman–Crippen MR) is 578 cm³/mol. The van der Waals surface area contributed by atoms with Crippen molar-refractivity contribution in [3.8, 4) is 73.5 Å². The van der Waals surface area contributed by atoms with Crippen LogP contribution in [0.25, 0.3) is 105 Å². The van der Waals surface area contributed by atoms with E-state index in [4.69, 9.17) is 24.2 Å². The zero-order valence-electron chi connectivity index (χ0n) is 84.5. The maximum absolute atomic E-state index is 14.1. The van der Waals surface area contributed by atoms with Gasteiger partial charge in [0, 0.05) is 210 Å². The molecule has 8 fully saturated rings. The Morgan fingerprint density at radius 2 is 0.776 bits per heavy atom. The normalized spacial score (nSPS) is 19.3. The van der Waals surface area contributed by atoms with Crippen LogP contribution in [0.1, 0.15) is 63.4 Å². The van der Waals surface area contributed by atoms with Crippen LogP contribution in [-0.2, 0) is 0 Å². The van der Waals surface area contributed by atoms with Crippen molar-refractivity contribution >= 4 is 99.8 Å². The van der Waals surface area contributed by atoms with Crippen molar-refractivity contribution in [2.24, 2.45) is 17.8 Å². The van der Waals surface area contributed by atoms with Crippen molar-refractivity contribution in [1.29, 1.82) is 0 Å². The molecule has 8 saturated heterocycles. The summed E-state index contributed by atoms with van der Waals surface area (Å²) in [4.78, 5) is 118. The Bertz CT molecular complexity index is 8220. The number of ether oxygens (including phenoxy) is 3. The molecule has 35 heteroatoms. The number of fused-ring (bicyclic) bond motifs is 10. The topological polar surface area (TPSA) is 267 Å². The largest absolute Gasteiger partial charge is 0.494 e. The Labute approximate surface area is 855 Å². The summed E-state index contributed by atoms with van der Waals surface area (Å²) in [5.41, 5.74) is 15.8. The van der Waals surface area contributed by atoms with Gasteiger partial charge in [-0.2, -0.15) is 0 Å². The van der Waals surface area contributed by atoms with E-state index in [9.17, 15) is 37.1 Å². The zero-order valence-corrected chi connectivity index (χ0v) is 86.1. The second kappa shape index (κ2) is 41.2. The highest BCUT2D eigenvalue weighted by Crippen LogP contribution is 2.40. The lowest BCUT2D eigenvalue weighted by Crippen LogP contribution is -2.57. The van der Waals surface area contributed by atoms with E-state index in [1.807, 2.05) is 118 Å². The van der Waals surface area contributed by atoms with Crippen LogP contribution in [0.4, 0.5) is 41.6 Å². The molecule has 0 amide bonds. The van der Waals surface area contributed by atoms with E-state index >= 15 is 0 Å². The first-order chi connectivity index (χ1) is 70.9. The standard InChI is InChI=1S/C24H27FN4O2.C23H23N5OS.C22H23FN4O2.C22H23N5OS.C21H23FN4O2/c1-15(2)27-10-17-12-28(13-18(17)11-27)19-5-7-23-26-21(9-24(30)29(23)14-19)16-4-6-22(31-3)20(25)8-16;1-15-24-19-6-4-16(11-21(19)30-15)20-12-23(29)28-14-18(5-7-22(28)25-20)27-10-9-26-8-2-3-17(26)13-27;1-25-8-7-15-11-26(13-19(15)25)16-4-6-21-24-18(10-22(28)27(21)12-16)14-3-5-20(29-2)17(23)9-14;1-14-24-17-6-4-15(10-19(17)29-14)18-11-21(28)27-12-16(5-7-20(27)25-18)26-9-8-23-22(2,3)13-26;1-24(2)15-8-9-25(12-15)16-5-7-20-23-18(11-21(27)26(20)13-16)14-4-6-19(28-3)17(22)10-14/h4-9,14-15,17-18H,10-13H2,1-3H3;4-7,11-12,14,17H,2-3,8-10,13H2,1H3;3-6,9-10,12,15,19H,7-8,11,13H2,1-2H3;4-7,10-12,23H,8-9,13H2,1-3H3;4-7,10-11,13,15H,8-9,12H2,1-3H3/t17-,18+;17-;15-,19+;;15-/m.10.1/s1. The molecule has 0 saturated carbocycles. The fourth-order valence-electron chi connectivity index (χ4n) is 22.0. The minimum absolute atomic E-state index is 0.0445. The zero-order chi connectivity index (χ0) is 102. The second-order valence-electron chi connectivity index (χ2n) is 40.7. The SMILES string of the molecule is COc1ccc(-c2cc(=O)n3cc(N4CC[C@@H](N(C)C)C4)ccc3n2)cc1F.COc1ccc(-c2cc(=O)n3cc(N4C[C@@H]5CCN(C)[C@@H]5C4)ccc3n2)cc1F.COc1ccc(-c2cc(=O)n3cc(N4C[C@@H]5CN(C(C)C)C[C@@H]5C4)ccc3n2)cc1F.Cc1nc2ccc(-c3cc(=O)n4cc(N5CCN6CCC[C@@H]6C5)ccc4n3)cc2s1.Cc1nc2ccc(-c3cc(=O)n4cc(N5CCNC(C)(C)C5)ccc4n3)cc2s1. The predicted octanol–water partition coefficient (Wildman–Crippen LogP) is 15.6. The lowest BCUT2D eigenvalue weighted by Gasteiger charge is -2.40. The molecule has 25 rings (SSSR count). The minimum atomic E-state index is -0.484. The molecule has 12 aromatic heterocycles. The Hall–Kier alpha value is -14.3. The molecule has 0 bridgehead atoms. The summed E-state index contributed by atoms with van der Waals surface area (Å²) < 4.78 is 67.3. The number of nitrogens with zero attached hydrogens (tertiary/aromatic N) is 21. The fraction of sp³-hybridized carbons (Fsp3) is 0.357. The van der Waals surface area contributed by atoms with Crippen molar-refractivity contribution in [1.82, 2.24) is 81.8 Å². The van der Waals surface area contributed by atoms with Gasteiger partial charge in [0.25, 0.3) is 27.8 Å². The molecule has 147 heavy (non-hydrogen) atoms. The summed E-state index contributed by atoms with van der Waals surface area (Å²) >= 11 is 3.32. The highest BCUT2D eigenvalue weighted by atomic mass is 32.1. The van der Waals surface area contributed by atoms with Crippen LogP contribution in [0, 0.1) is 49.1 Å². The van der Waals surface area contributed by atoms with E-state index in [0.29, 0.717) is 115 Å². The average Bonchev–Trinajstić information content (AvgIpc) is 1.76. The lowest BCUT2D eigenvalue weighted by atomic mass is 10.0. The molecule has 20 heterocycles. The highest BCUT2D eigenvalue weighted by molar-refractivity contribution is 7.18. The molecule has 8 aliphatic rings. The van der Waals surface area contributed by atoms with Crippen LogP contribution in [0.2, 0.25) is 0 Å². The van der Waals surface area contributed by atoms with Gasteiger partial charge in [0.05, 0.1) is 109 Å². The van der Waals surface area contributed by atoms with Crippen LogP contribution in [0.5, 0.6) is 17.2 Å². The quantitative estimate of drug-likeness (QED) is 0.0999. The smallest absolute Gasteiger partial charge is 0.258 e. The molecule has 0 spiro atoms. The van der Waals surface area contributed by atoms with E-state index in [0.717, 1.165) is 168 Å². The van der Waals surface area contributed by atoms with Crippen LogP contribution >= 0.6 is 22.7 Å². The maximum Gasteiger partial charge on any atom is 0.258 e. The first-order valence-electron chi connectivity index (χ1n) is 50.2. The monoisotopic (exact) mass is 2020 g/mol. The minimum Gasteiger partial charge on any atom is -0.494 e. The number of aryl methyl sites for hydroxylation is 2. The molecule has 5 aromatic carbocycles. The number of hydrogen-bond acceptors (Lipinski definition) is 27. The number of halogens is 3. The van der Waals surface area contributed by atoms with Gasteiger partial charge in [0.1, 0.15) is 28.2 Å². The summed E-state index contributed by atoms with van der Waals surface area (Å²) in [7, 11) is 10.6. The number of likely N-dealkylation sites (tertiary alicyclic amines) is 2. The number of piperazine rings is 2. The molecule has 17 aromatic rings. The number of pyridine rings is 5. The molecule has 6 atom stereocenters. The number of rotatable bonds is 15. The number of likely N-dealkylation sites (N-methyl/N-ethyl adjacent to an activating group) is 2. The van der Waals surface area contributed by atoms with Gasteiger partial charge in [0.15, 0.2) is 34.7 Å². The number of methoxy groups -OCH3 is 3. The number of benzene rings is 5. The second-order valence-corrected chi connectivity index (χ2v) is 43.2. The van der Waals surface area contributed by atoms with Gasteiger partial charge < -0.3 is 58.7 Å². The Morgan fingerprint density at radius 3 is 1.16 bits per heavy atom. The van der Waals surface area contributed by atoms with Crippen molar-refractivity contribution in [3.05, 3.63) is 292 Å². The van der Waals surface area contributed by atoms with Crippen LogP contribution < -0.4 is 71.8 Å². The molecule has 758 valence electrons. The van der Waals surface area contributed by atoms with E-state index in [1.165, 1.54) is 96.1 Å². The number of anilines is 5. The van der Waals surface area contributed by atoms with Gasteiger partial charge in [0.2, 0.25) is 0 Å². The van der Waals surface area contributed by atoms with Crippen LogP contribution in [0.3, 0.4) is 0 Å². The third-order valence-corrected chi connectivity index (χ3v) is 32.0. The molecular weight excluding hydrogens is 1900 g/mol. The highest BCUT2D eigenvalue weighted by Gasteiger charge is 2.43. The van der Waals surface area contributed by atoms with Crippen molar-refractivity contribution in [3.63, 3.8) is 0 Å². The molecule has 0 radical (unpaired) electrons. The maximum atomic E-state index is 14.1. The summed E-state index contributed by atoms with van der Waals surface area (Å²) in [5, 5.41) is 5.60. The van der Waals surface area contributed by atoms with Gasteiger partial charge in [-0.05, 0) is 259 Å². The van der Waals surface area contributed by atoms with Crippen LogP contribution in [-0.4, -0.2) is 253 Å². The first-order valence-corrected chi connectivity index (χ1v) is 51.9. The van der Waals surface area contributed by atoms with Gasteiger partial charge in [-0.1, -0.05) is 12.1 Å². The number of thiazole rings is 2. The Kier molecular flexibility index (Phi) is 27.6. The molecule has 0 unspecified atom stereocenters. The van der Waals surface area contributed by atoms with E-state index in [-0.39, 0.29) is 50.6 Å². The third-order valence-electron chi connectivity index (χ3n) is 30.1. The molecule has 8 aliphatic heterocycles. The Morgan fingerprint density at radius 1 is 0.395 bits per heavy atom. The van der Waals surface area contributed by atoms with Crippen molar-refractivity contribution in [2.75, 3.05) is 172 Å². The number of nitrogens with one attached hydrogen (secondary N) is 1. The van der Waals surface area contributed by atoms with Crippen molar-refractivity contribution in [2.45, 2.75) is 96.9 Å². The lowest BCUT2D eigenvalue weighted by molar-refractivity contribution is 0.231. The van der Waals surface area contributed by atoms with Gasteiger partial charge >= 0.3 is 0 Å². The third kappa shape index (κ3) is 20.7. The fourth-order valence-corrected chi connectivity index (χ4v) is 23.8. The Balaban J connectivity index is 0.000000108. The first kappa shape index (κ1) is 98.7. The van der Waals surface area contributed by atoms with E-state index in [2.05, 4.69) is 147 Å². The van der Waals surface area contributed by atoms with E-state index < -0.39 is 17.5 Å². The number of hydrogen-bond donors (Lipinski definition) is 1. The summed E-state index contributed by atoms with van der Waals surface area (Å²) in [6.07, 6.45) is 14.3. The van der Waals surface area contributed by atoms with Gasteiger partial charge in [-0.15, -0.1) is 22.7 Å². The number of aromatic nitrogens is 12. The molecular formula is C112H119F3N22O8S2. The molecule has 0 aliphatic carbocycles. The summed E-state index contributed by atoms with van der Waals surface area (Å²) in [5.74, 6) is 1.10. The average molecular weight is 2020 g/mol. The van der Waals surface area contributed by atoms with E-state index in [1.54, 1.807) is 87.1 Å². The molecule has 1 N–H and O–H groups in total. The van der Waals surface area contributed by atoms with Gasteiger partial charge in [-0.25, -0.2) is 48.1 Å². The summed E-state index contributed by atoms with van der Waals surface area (Å²) in [6, 6.07) is 55.5. The van der Waals surface area contributed by atoms with Crippen molar-refractivity contribution < 1.29 is 27.4 Å². The molecule has 30 nitrogen and oxygen atoms in total. The summed E-state index contributed by atoms with van der Waals surface area (Å²) in [6.45, 7) is 29.5. The van der Waals surface area contributed by atoms with Crippen LogP contribution in [0.15, 0.2) is 237 Å².